The third-order valence-corrected chi connectivity index (χ3v) is 2.98. The number of nitrogens with one attached hydrogen (secondary N) is 1. The lowest BCUT2D eigenvalue weighted by Gasteiger charge is -2.14. The fraction of sp³-hybridized carbons (Fsp3) is 0.385. The summed E-state index contributed by atoms with van der Waals surface area (Å²) in [4.78, 5) is 0. The third kappa shape index (κ3) is 3.08. The first-order valence-electron chi connectivity index (χ1n) is 6.01. The van der Waals surface area contributed by atoms with E-state index in [-0.39, 0.29) is 11.9 Å². The van der Waals surface area contributed by atoms with Crippen LogP contribution >= 0.6 is 0 Å². The summed E-state index contributed by atoms with van der Waals surface area (Å²) in [6.45, 7) is 2.57. The minimum absolute atomic E-state index is 0.0438. The Hall–Kier alpha value is -1.95. The van der Waals surface area contributed by atoms with Gasteiger partial charge < -0.3 is 14.6 Å². The van der Waals surface area contributed by atoms with Crippen molar-refractivity contribution < 1.29 is 9.13 Å². The quantitative estimate of drug-likeness (QED) is 0.895. The molecule has 2 rings (SSSR count). The predicted octanol–water partition coefficient (Wildman–Crippen LogP) is 1.81. The van der Waals surface area contributed by atoms with E-state index >= 15 is 0 Å². The van der Waals surface area contributed by atoms with E-state index in [9.17, 15) is 4.39 Å². The average Bonchev–Trinajstić information content (AvgIpc) is 2.83. The van der Waals surface area contributed by atoms with Crippen LogP contribution in [-0.2, 0) is 13.6 Å². The van der Waals surface area contributed by atoms with Crippen LogP contribution in [-0.4, -0.2) is 21.9 Å². The molecule has 1 aromatic carbocycles. The molecule has 1 heterocycles. The maximum Gasteiger partial charge on any atom is 0.149 e. The summed E-state index contributed by atoms with van der Waals surface area (Å²) in [5, 5.41) is 11.2. The topological polar surface area (TPSA) is 52.0 Å². The van der Waals surface area contributed by atoms with Crippen molar-refractivity contribution in [2.75, 3.05) is 7.11 Å². The van der Waals surface area contributed by atoms with Gasteiger partial charge in [-0.05, 0) is 13.0 Å². The number of aromatic nitrogens is 3. The standard InChI is InChI=1S/C13H17FN4O/c1-9(13-17-16-8-18(13)2)15-7-10-4-5-11(14)6-12(10)19-3/h4-6,8-9,15H,7H2,1-3H3. The number of nitrogens with zero attached hydrogens (tertiary/aromatic N) is 3. The third-order valence-electron chi connectivity index (χ3n) is 2.98. The number of benzene rings is 1. The fourth-order valence-corrected chi connectivity index (χ4v) is 1.90. The summed E-state index contributed by atoms with van der Waals surface area (Å²) < 4.78 is 20.1. The Morgan fingerprint density at radius 3 is 2.89 bits per heavy atom. The van der Waals surface area contributed by atoms with Gasteiger partial charge in [0.25, 0.3) is 0 Å². The highest BCUT2D eigenvalue weighted by Crippen LogP contribution is 2.20. The molecule has 2 aromatic rings. The van der Waals surface area contributed by atoms with E-state index in [1.165, 1.54) is 19.2 Å². The molecule has 1 atom stereocenters. The molecule has 1 aromatic heterocycles. The number of aryl methyl sites for hydroxylation is 1. The lowest BCUT2D eigenvalue weighted by molar-refractivity contribution is 0.401. The van der Waals surface area contributed by atoms with E-state index in [0.29, 0.717) is 12.3 Å². The molecule has 1 unspecified atom stereocenters. The van der Waals surface area contributed by atoms with Gasteiger partial charge in [-0.1, -0.05) is 6.07 Å². The van der Waals surface area contributed by atoms with Gasteiger partial charge in [0.05, 0.1) is 13.2 Å². The van der Waals surface area contributed by atoms with Gasteiger partial charge >= 0.3 is 0 Å². The second-order valence-electron chi connectivity index (χ2n) is 4.36. The van der Waals surface area contributed by atoms with Gasteiger partial charge in [-0.25, -0.2) is 4.39 Å². The van der Waals surface area contributed by atoms with E-state index in [4.69, 9.17) is 4.74 Å². The van der Waals surface area contributed by atoms with Crippen molar-refractivity contribution in [1.29, 1.82) is 0 Å². The van der Waals surface area contributed by atoms with Gasteiger partial charge in [-0.15, -0.1) is 10.2 Å². The number of hydrogen-bond acceptors (Lipinski definition) is 4. The zero-order valence-electron chi connectivity index (χ0n) is 11.2. The van der Waals surface area contributed by atoms with Crippen LogP contribution in [0, 0.1) is 5.82 Å². The van der Waals surface area contributed by atoms with Crippen molar-refractivity contribution >= 4 is 0 Å². The second kappa shape index (κ2) is 5.79. The molecular formula is C13H17FN4O. The van der Waals surface area contributed by atoms with Gasteiger partial charge in [0.2, 0.25) is 0 Å². The van der Waals surface area contributed by atoms with Crippen molar-refractivity contribution in [2.45, 2.75) is 19.5 Å². The molecule has 0 spiro atoms. The van der Waals surface area contributed by atoms with Crippen molar-refractivity contribution in [3.63, 3.8) is 0 Å². The Balaban J connectivity index is 2.05. The zero-order chi connectivity index (χ0) is 13.8. The molecule has 1 N–H and O–H groups in total. The summed E-state index contributed by atoms with van der Waals surface area (Å²) in [5.74, 6) is 1.08. The van der Waals surface area contributed by atoms with Crippen LogP contribution in [0.15, 0.2) is 24.5 Å². The van der Waals surface area contributed by atoms with Crippen LogP contribution in [0.2, 0.25) is 0 Å². The number of hydrogen-bond donors (Lipinski definition) is 1. The Morgan fingerprint density at radius 1 is 1.47 bits per heavy atom. The van der Waals surface area contributed by atoms with Gasteiger partial charge in [0.1, 0.15) is 23.7 Å². The van der Waals surface area contributed by atoms with E-state index in [2.05, 4.69) is 15.5 Å². The molecule has 6 heteroatoms. The first-order valence-corrected chi connectivity index (χ1v) is 6.01. The summed E-state index contributed by atoms with van der Waals surface area (Å²) in [7, 11) is 3.43. The molecule has 0 bridgehead atoms. The average molecular weight is 264 g/mol. The predicted molar refractivity (Wildman–Crippen MR) is 69.2 cm³/mol. The Morgan fingerprint density at radius 2 is 2.26 bits per heavy atom. The largest absolute Gasteiger partial charge is 0.496 e. The molecule has 0 fully saturated rings. The van der Waals surface area contributed by atoms with E-state index in [1.807, 2.05) is 18.5 Å². The van der Waals surface area contributed by atoms with E-state index in [1.54, 1.807) is 12.4 Å². The molecule has 102 valence electrons. The zero-order valence-corrected chi connectivity index (χ0v) is 11.2. The maximum atomic E-state index is 13.1. The SMILES string of the molecule is COc1cc(F)ccc1CNC(C)c1nncn1C. The molecule has 0 aliphatic heterocycles. The molecule has 19 heavy (non-hydrogen) atoms. The highest BCUT2D eigenvalue weighted by atomic mass is 19.1. The highest BCUT2D eigenvalue weighted by Gasteiger charge is 2.12. The van der Waals surface area contributed by atoms with Crippen LogP contribution < -0.4 is 10.1 Å². The molecule has 0 saturated carbocycles. The summed E-state index contributed by atoms with van der Waals surface area (Å²) in [6.07, 6.45) is 1.66. The van der Waals surface area contributed by atoms with Gasteiger partial charge in [-0.3, -0.25) is 0 Å². The van der Waals surface area contributed by atoms with Crippen molar-refractivity contribution in [2.24, 2.45) is 7.05 Å². The van der Waals surface area contributed by atoms with Crippen LogP contribution in [0.1, 0.15) is 24.4 Å². The summed E-state index contributed by atoms with van der Waals surface area (Å²) in [5.41, 5.74) is 0.901. The number of rotatable bonds is 5. The lowest BCUT2D eigenvalue weighted by atomic mass is 10.2. The van der Waals surface area contributed by atoms with E-state index < -0.39 is 0 Å². The van der Waals surface area contributed by atoms with Gasteiger partial charge in [0, 0.05) is 25.2 Å². The molecule has 0 amide bonds. The molecule has 0 aliphatic rings. The number of methoxy groups -OCH3 is 1. The first-order chi connectivity index (χ1) is 9.11. The van der Waals surface area contributed by atoms with Crippen molar-refractivity contribution in [3.05, 3.63) is 41.7 Å². The highest BCUT2D eigenvalue weighted by molar-refractivity contribution is 5.33. The normalized spacial score (nSPS) is 12.4. The van der Waals surface area contributed by atoms with Crippen LogP contribution in [0.4, 0.5) is 4.39 Å². The monoisotopic (exact) mass is 264 g/mol. The molecule has 5 nitrogen and oxygen atoms in total. The molecule has 0 aliphatic carbocycles. The van der Waals surface area contributed by atoms with Crippen molar-refractivity contribution in [3.8, 4) is 5.75 Å². The Labute approximate surface area is 111 Å². The van der Waals surface area contributed by atoms with Gasteiger partial charge in [0.15, 0.2) is 0 Å². The van der Waals surface area contributed by atoms with E-state index in [0.717, 1.165) is 11.4 Å². The lowest BCUT2D eigenvalue weighted by Crippen LogP contribution is -2.21. The van der Waals surface area contributed by atoms with Crippen LogP contribution in [0.25, 0.3) is 0 Å². The first kappa shape index (κ1) is 13.5. The number of halogens is 1. The minimum Gasteiger partial charge on any atom is -0.496 e. The number of ether oxygens (including phenoxy) is 1. The second-order valence-corrected chi connectivity index (χ2v) is 4.36. The Bertz CT molecular complexity index is 555. The fourth-order valence-electron chi connectivity index (χ4n) is 1.90. The maximum absolute atomic E-state index is 13.1. The molecule has 0 saturated heterocycles. The smallest absolute Gasteiger partial charge is 0.149 e. The van der Waals surface area contributed by atoms with Crippen molar-refractivity contribution in [1.82, 2.24) is 20.1 Å². The van der Waals surface area contributed by atoms with Crippen LogP contribution in [0.3, 0.4) is 0 Å². The minimum atomic E-state index is -0.304. The van der Waals surface area contributed by atoms with Gasteiger partial charge in [-0.2, -0.15) is 0 Å². The molecule has 0 radical (unpaired) electrons. The molecular weight excluding hydrogens is 247 g/mol. The van der Waals surface area contributed by atoms with Crippen LogP contribution in [0.5, 0.6) is 5.75 Å². The summed E-state index contributed by atoms with van der Waals surface area (Å²) in [6, 6.07) is 4.56. The Kier molecular flexibility index (Phi) is 4.11. The summed E-state index contributed by atoms with van der Waals surface area (Å²) >= 11 is 0.